The molecule has 3 N–H and O–H groups in total. The van der Waals surface area contributed by atoms with Gasteiger partial charge in [-0.1, -0.05) is 12.1 Å². The molecule has 4 nitrogen and oxygen atoms in total. The number of carbonyl (C=O) groups excluding carboxylic acids is 2. The zero-order valence-electron chi connectivity index (χ0n) is 8.06. The second kappa shape index (κ2) is 5.41. The molecule has 80 valence electrons. The number of nitrogens with one attached hydrogen (secondary N) is 1. The lowest BCUT2D eigenvalue weighted by molar-refractivity contribution is -0.124. The van der Waals surface area contributed by atoms with E-state index in [9.17, 15) is 9.59 Å². The molecule has 0 aliphatic heterocycles. The van der Waals surface area contributed by atoms with Crippen molar-refractivity contribution in [2.45, 2.75) is 11.3 Å². The maximum Gasteiger partial charge on any atom is 0.236 e. The van der Waals surface area contributed by atoms with E-state index in [1.54, 1.807) is 12.1 Å². The summed E-state index contributed by atoms with van der Waals surface area (Å²) in [5.74, 6) is -0.769. The first-order valence-corrected chi connectivity index (χ1v) is 4.85. The number of primary amides is 1. The monoisotopic (exact) mass is 224 g/mol. The molecule has 0 aromatic heterocycles. The predicted molar refractivity (Wildman–Crippen MR) is 59.6 cm³/mol. The molecule has 0 aliphatic rings. The van der Waals surface area contributed by atoms with Gasteiger partial charge < -0.3 is 11.1 Å². The topological polar surface area (TPSA) is 72.2 Å². The Kier molecular flexibility index (Phi) is 4.17. The van der Waals surface area contributed by atoms with Crippen molar-refractivity contribution in [1.82, 2.24) is 5.32 Å². The van der Waals surface area contributed by atoms with Gasteiger partial charge in [-0.25, -0.2) is 0 Å². The molecule has 1 aromatic rings. The van der Waals surface area contributed by atoms with Gasteiger partial charge in [-0.05, 0) is 17.7 Å². The standard InChI is InChI=1S/C10H12N2O2S/c11-9(13)6-12-10(14)5-7-1-3-8(15)4-2-7/h1-4,15H,5-6H2,(H2,11,13)(H,12,14). The third-order valence-electron chi connectivity index (χ3n) is 1.76. The van der Waals surface area contributed by atoms with Crippen LogP contribution in [0.3, 0.4) is 0 Å². The molecule has 0 bridgehead atoms. The molecule has 0 unspecified atom stereocenters. The number of benzene rings is 1. The van der Waals surface area contributed by atoms with E-state index in [2.05, 4.69) is 17.9 Å². The number of hydrogen-bond donors (Lipinski definition) is 3. The summed E-state index contributed by atoms with van der Waals surface area (Å²) in [5, 5.41) is 2.41. The van der Waals surface area contributed by atoms with Crippen LogP contribution in [0.25, 0.3) is 0 Å². The fourth-order valence-corrected chi connectivity index (χ4v) is 1.20. The van der Waals surface area contributed by atoms with Gasteiger partial charge in [0.1, 0.15) is 0 Å². The Labute approximate surface area is 93.3 Å². The lowest BCUT2D eigenvalue weighted by Gasteiger charge is -2.02. The van der Waals surface area contributed by atoms with Gasteiger partial charge in [0.15, 0.2) is 0 Å². The molecule has 0 heterocycles. The Hall–Kier alpha value is -1.49. The first kappa shape index (κ1) is 11.6. The Balaban J connectivity index is 2.44. The highest BCUT2D eigenvalue weighted by atomic mass is 32.1. The van der Waals surface area contributed by atoms with Gasteiger partial charge in [-0.3, -0.25) is 9.59 Å². The molecule has 0 atom stereocenters. The van der Waals surface area contributed by atoms with Gasteiger partial charge in [-0.2, -0.15) is 0 Å². The molecule has 15 heavy (non-hydrogen) atoms. The minimum atomic E-state index is -0.547. The van der Waals surface area contributed by atoms with Crippen molar-refractivity contribution in [3.8, 4) is 0 Å². The zero-order valence-corrected chi connectivity index (χ0v) is 8.96. The second-order valence-electron chi connectivity index (χ2n) is 3.09. The average molecular weight is 224 g/mol. The molecular weight excluding hydrogens is 212 g/mol. The van der Waals surface area contributed by atoms with Gasteiger partial charge in [-0.15, -0.1) is 12.6 Å². The molecule has 0 saturated carbocycles. The smallest absolute Gasteiger partial charge is 0.236 e. The van der Waals surface area contributed by atoms with Gasteiger partial charge in [0.25, 0.3) is 0 Å². The first-order valence-electron chi connectivity index (χ1n) is 4.41. The van der Waals surface area contributed by atoms with E-state index in [1.807, 2.05) is 12.1 Å². The van der Waals surface area contributed by atoms with Crippen molar-refractivity contribution in [2.24, 2.45) is 5.73 Å². The average Bonchev–Trinajstić information content (AvgIpc) is 2.19. The van der Waals surface area contributed by atoms with E-state index in [0.29, 0.717) is 0 Å². The summed E-state index contributed by atoms with van der Waals surface area (Å²) in [7, 11) is 0. The number of amides is 2. The van der Waals surface area contributed by atoms with E-state index >= 15 is 0 Å². The maximum atomic E-state index is 11.3. The molecule has 0 fully saturated rings. The third-order valence-corrected chi connectivity index (χ3v) is 2.06. The van der Waals surface area contributed by atoms with Crippen LogP contribution >= 0.6 is 12.6 Å². The van der Waals surface area contributed by atoms with Gasteiger partial charge in [0.2, 0.25) is 11.8 Å². The van der Waals surface area contributed by atoms with E-state index < -0.39 is 5.91 Å². The van der Waals surface area contributed by atoms with Crippen molar-refractivity contribution >= 4 is 24.4 Å². The SMILES string of the molecule is NC(=O)CNC(=O)Cc1ccc(S)cc1. The molecule has 1 aromatic carbocycles. The summed E-state index contributed by atoms with van der Waals surface area (Å²) >= 11 is 4.13. The molecule has 0 spiro atoms. The molecule has 2 amide bonds. The van der Waals surface area contributed by atoms with E-state index in [0.717, 1.165) is 10.5 Å². The summed E-state index contributed by atoms with van der Waals surface area (Å²) < 4.78 is 0. The highest BCUT2D eigenvalue weighted by Crippen LogP contribution is 2.07. The Morgan fingerprint density at radius 3 is 2.40 bits per heavy atom. The molecule has 0 saturated heterocycles. The number of thiol groups is 1. The Morgan fingerprint density at radius 1 is 1.27 bits per heavy atom. The fourth-order valence-electron chi connectivity index (χ4n) is 1.05. The van der Waals surface area contributed by atoms with Crippen LogP contribution in [-0.2, 0) is 16.0 Å². The van der Waals surface area contributed by atoms with Gasteiger partial charge >= 0.3 is 0 Å². The van der Waals surface area contributed by atoms with Crippen LogP contribution in [0, 0.1) is 0 Å². The molecular formula is C10H12N2O2S. The van der Waals surface area contributed by atoms with Crippen molar-refractivity contribution in [1.29, 1.82) is 0 Å². The quantitative estimate of drug-likeness (QED) is 0.636. The van der Waals surface area contributed by atoms with Crippen molar-refractivity contribution in [3.05, 3.63) is 29.8 Å². The predicted octanol–water partition coefficient (Wildman–Crippen LogP) is 0.119. The van der Waals surface area contributed by atoms with Crippen molar-refractivity contribution in [3.63, 3.8) is 0 Å². The highest BCUT2D eigenvalue weighted by Gasteiger charge is 2.03. The summed E-state index contributed by atoms with van der Waals surface area (Å²) in [6.07, 6.45) is 0.237. The van der Waals surface area contributed by atoms with Crippen LogP contribution in [0.5, 0.6) is 0 Å². The molecule has 5 heteroatoms. The van der Waals surface area contributed by atoms with Crippen LogP contribution in [0.1, 0.15) is 5.56 Å². The second-order valence-corrected chi connectivity index (χ2v) is 3.60. The number of carbonyl (C=O) groups is 2. The first-order chi connectivity index (χ1) is 7.08. The lowest BCUT2D eigenvalue weighted by Crippen LogP contribution is -2.34. The van der Waals surface area contributed by atoms with Crippen LogP contribution in [0.2, 0.25) is 0 Å². The van der Waals surface area contributed by atoms with Gasteiger partial charge in [0.05, 0.1) is 13.0 Å². The Bertz CT molecular complexity index is 362. The molecule has 1 rings (SSSR count). The van der Waals surface area contributed by atoms with Gasteiger partial charge in [0, 0.05) is 4.90 Å². The van der Waals surface area contributed by atoms with Crippen molar-refractivity contribution in [2.75, 3.05) is 6.54 Å². The molecule has 0 radical (unpaired) electrons. The maximum absolute atomic E-state index is 11.3. The summed E-state index contributed by atoms with van der Waals surface area (Å²) in [4.78, 5) is 22.5. The zero-order chi connectivity index (χ0) is 11.3. The highest BCUT2D eigenvalue weighted by molar-refractivity contribution is 7.80. The number of hydrogen-bond acceptors (Lipinski definition) is 3. The van der Waals surface area contributed by atoms with Crippen molar-refractivity contribution < 1.29 is 9.59 Å². The minimum absolute atomic E-state index is 0.122. The fraction of sp³-hybridized carbons (Fsp3) is 0.200. The summed E-state index contributed by atoms with van der Waals surface area (Å²) in [6.45, 7) is -0.122. The van der Waals surface area contributed by atoms with Crippen LogP contribution in [0.4, 0.5) is 0 Å². The minimum Gasteiger partial charge on any atom is -0.368 e. The van der Waals surface area contributed by atoms with Crippen LogP contribution < -0.4 is 11.1 Å². The molecule has 0 aliphatic carbocycles. The van der Waals surface area contributed by atoms with E-state index in [4.69, 9.17) is 5.73 Å². The van der Waals surface area contributed by atoms with E-state index in [-0.39, 0.29) is 18.9 Å². The van der Waals surface area contributed by atoms with Crippen LogP contribution in [-0.4, -0.2) is 18.4 Å². The number of rotatable bonds is 4. The largest absolute Gasteiger partial charge is 0.368 e. The third kappa shape index (κ3) is 4.51. The summed E-state index contributed by atoms with van der Waals surface area (Å²) in [6, 6.07) is 7.23. The Morgan fingerprint density at radius 2 is 1.87 bits per heavy atom. The van der Waals surface area contributed by atoms with E-state index in [1.165, 1.54) is 0 Å². The number of nitrogens with two attached hydrogens (primary N) is 1. The summed E-state index contributed by atoms with van der Waals surface area (Å²) in [5.41, 5.74) is 5.76. The normalized spacial score (nSPS) is 9.67. The van der Waals surface area contributed by atoms with Crippen LogP contribution in [0.15, 0.2) is 29.2 Å². The lowest BCUT2D eigenvalue weighted by atomic mass is 10.1.